The molecule has 1 aliphatic rings. The summed E-state index contributed by atoms with van der Waals surface area (Å²) in [6, 6.07) is 5.28. The Morgan fingerprint density at radius 2 is 2.26 bits per heavy atom. The first kappa shape index (κ1) is 14.8. The molecule has 0 saturated heterocycles. The second kappa shape index (κ2) is 6.24. The summed E-state index contributed by atoms with van der Waals surface area (Å²) >= 11 is 5.12. The fourth-order valence-corrected chi connectivity index (χ4v) is 3.60. The van der Waals surface area contributed by atoms with Crippen molar-refractivity contribution in [3.63, 3.8) is 0 Å². The molecule has 2 rings (SSSR count). The monoisotopic (exact) mass is 344 g/mol. The second-order valence-electron chi connectivity index (χ2n) is 4.89. The Kier molecular flexibility index (Phi) is 4.86. The second-order valence-corrected chi connectivity index (χ2v) is 7.02. The van der Waals surface area contributed by atoms with Crippen LogP contribution in [0.1, 0.15) is 24.8 Å². The number of hydrogen-bond acceptors (Lipinski definition) is 4. The summed E-state index contributed by atoms with van der Waals surface area (Å²) in [6.45, 7) is 1.65. The average molecular weight is 345 g/mol. The highest BCUT2D eigenvalue weighted by molar-refractivity contribution is 9.10. The zero-order chi connectivity index (χ0) is 13.9. The highest BCUT2D eigenvalue weighted by Crippen LogP contribution is 2.42. The van der Waals surface area contributed by atoms with Gasteiger partial charge in [0.25, 0.3) is 5.69 Å². The molecule has 0 bridgehead atoms. The standard InChI is InChI=1S/C13H17BrN2O2S/c1-19-13(5-2-6-13)9-15-8-10-3-4-11(14)12(7-10)16(17)18/h3-4,7,15H,2,5-6,8-9H2,1H3. The van der Waals surface area contributed by atoms with Crippen molar-refractivity contribution in [3.8, 4) is 0 Å². The van der Waals surface area contributed by atoms with Crippen LogP contribution in [-0.4, -0.2) is 22.5 Å². The molecule has 0 unspecified atom stereocenters. The molecule has 19 heavy (non-hydrogen) atoms. The molecule has 0 aromatic heterocycles. The Labute approximate surface area is 125 Å². The van der Waals surface area contributed by atoms with E-state index in [9.17, 15) is 10.1 Å². The third kappa shape index (κ3) is 3.49. The van der Waals surface area contributed by atoms with Crippen LogP contribution in [0.15, 0.2) is 22.7 Å². The minimum absolute atomic E-state index is 0.127. The molecule has 1 aliphatic carbocycles. The molecule has 1 aromatic rings. The number of nitro benzene ring substituents is 1. The molecule has 1 saturated carbocycles. The van der Waals surface area contributed by atoms with E-state index in [2.05, 4.69) is 27.5 Å². The zero-order valence-electron chi connectivity index (χ0n) is 10.8. The summed E-state index contributed by atoms with van der Waals surface area (Å²) in [4.78, 5) is 10.5. The lowest BCUT2D eigenvalue weighted by Gasteiger charge is -2.40. The maximum Gasteiger partial charge on any atom is 0.283 e. The Balaban J connectivity index is 1.93. The van der Waals surface area contributed by atoms with E-state index in [1.807, 2.05) is 17.8 Å². The number of thioether (sulfide) groups is 1. The molecule has 6 heteroatoms. The highest BCUT2D eigenvalue weighted by Gasteiger charge is 2.35. The molecule has 1 aromatic carbocycles. The molecule has 0 spiro atoms. The van der Waals surface area contributed by atoms with Gasteiger partial charge in [-0.3, -0.25) is 10.1 Å². The van der Waals surface area contributed by atoms with Crippen LogP contribution in [0.2, 0.25) is 0 Å². The van der Waals surface area contributed by atoms with Crippen LogP contribution in [0.5, 0.6) is 0 Å². The Morgan fingerprint density at radius 3 is 2.79 bits per heavy atom. The van der Waals surface area contributed by atoms with E-state index in [0.29, 0.717) is 15.8 Å². The summed E-state index contributed by atoms with van der Waals surface area (Å²) < 4.78 is 0.919. The molecule has 4 nitrogen and oxygen atoms in total. The minimum atomic E-state index is -0.358. The predicted molar refractivity (Wildman–Crippen MR) is 82.6 cm³/mol. The third-order valence-corrected chi connectivity index (χ3v) is 5.77. The van der Waals surface area contributed by atoms with Crippen LogP contribution in [0.4, 0.5) is 5.69 Å². The molecule has 0 atom stereocenters. The predicted octanol–water partition coefficient (Wildman–Crippen LogP) is 3.73. The van der Waals surface area contributed by atoms with Crippen molar-refractivity contribution in [2.75, 3.05) is 12.8 Å². The van der Waals surface area contributed by atoms with E-state index < -0.39 is 0 Å². The maximum absolute atomic E-state index is 10.9. The van der Waals surface area contributed by atoms with Gasteiger partial charge in [0.05, 0.1) is 9.40 Å². The number of nitrogens with one attached hydrogen (secondary N) is 1. The van der Waals surface area contributed by atoms with Gasteiger partial charge in [-0.1, -0.05) is 12.5 Å². The molecule has 0 heterocycles. The molecular weight excluding hydrogens is 328 g/mol. The van der Waals surface area contributed by atoms with E-state index in [1.54, 1.807) is 12.1 Å². The van der Waals surface area contributed by atoms with Crippen molar-refractivity contribution in [2.45, 2.75) is 30.6 Å². The molecule has 1 fully saturated rings. The molecule has 0 amide bonds. The summed E-state index contributed by atoms with van der Waals surface area (Å²) in [5.41, 5.74) is 1.08. The fraction of sp³-hybridized carbons (Fsp3) is 0.538. The van der Waals surface area contributed by atoms with E-state index in [4.69, 9.17) is 0 Å². The molecule has 104 valence electrons. The van der Waals surface area contributed by atoms with Gasteiger partial charge in [0.15, 0.2) is 0 Å². The zero-order valence-corrected chi connectivity index (χ0v) is 13.2. The van der Waals surface area contributed by atoms with Gasteiger partial charge in [0, 0.05) is 23.9 Å². The number of nitro groups is 1. The van der Waals surface area contributed by atoms with E-state index in [-0.39, 0.29) is 10.6 Å². The maximum atomic E-state index is 10.9. The summed E-state index contributed by atoms with van der Waals surface area (Å²) in [7, 11) is 0. The quantitative estimate of drug-likeness (QED) is 0.630. The van der Waals surface area contributed by atoms with Gasteiger partial charge in [0.1, 0.15) is 0 Å². The van der Waals surface area contributed by atoms with Gasteiger partial charge in [-0.2, -0.15) is 11.8 Å². The Morgan fingerprint density at radius 1 is 1.53 bits per heavy atom. The largest absolute Gasteiger partial charge is 0.311 e. The van der Waals surface area contributed by atoms with Gasteiger partial charge < -0.3 is 5.32 Å². The van der Waals surface area contributed by atoms with E-state index >= 15 is 0 Å². The van der Waals surface area contributed by atoms with Gasteiger partial charge in [-0.05, 0) is 46.7 Å². The third-order valence-electron chi connectivity index (χ3n) is 3.68. The Hall–Kier alpha value is -0.590. The first-order valence-electron chi connectivity index (χ1n) is 6.25. The molecular formula is C13H17BrN2O2S. The van der Waals surface area contributed by atoms with Gasteiger partial charge >= 0.3 is 0 Å². The lowest BCUT2D eigenvalue weighted by Crippen LogP contribution is -2.43. The van der Waals surface area contributed by atoms with Crippen molar-refractivity contribution in [3.05, 3.63) is 38.3 Å². The van der Waals surface area contributed by atoms with Gasteiger partial charge in [-0.25, -0.2) is 0 Å². The summed E-state index contributed by atoms with van der Waals surface area (Å²) in [5, 5.41) is 14.3. The summed E-state index contributed by atoms with van der Waals surface area (Å²) in [6.07, 6.45) is 6.00. The molecule has 0 radical (unpaired) electrons. The minimum Gasteiger partial charge on any atom is -0.311 e. The number of rotatable bonds is 6. The van der Waals surface area contributed by atoms with Gasteiger partial charge in [0.2, 0.25) is 0 Å². The van der Waals surface area contributed by atoms with Crippen LogP contribution in [0.3, 0.4) is 0 Å². The van der Waals surface area contributed by atoms with Crippen molar-refractivity contribution < 1.29 is 4.92 Å². The number of nitrogens with zero attached hydrogens (tertiary/aromatic N) is 1. The van der Waals surface area contributed by atoms with Crippen LogP contribution >= 0.6 is 27.7 Å². The highest BCUT2D eigenvalue weighted by atomic mass is 79.9. The SMILES string of the molecule is CSC1(CNCc2ccc(Br)c([N+](=O)[O-])c2)CCC1. The van der Waals surface area contributed by atoms with Gasteiger partial charge in [-0.15, -0.1) is 0 Å². The average Bonchev–Trinajstić information content (AvgIpc) is 2.34. The fourth-order valence-electron chi connectivity index (χ4n) is 2.27. The van der Waals surface area contributed by atoms with Crippen molar-refractivity contribution >= 4 is 33.4 Å². The normalized spacial score (nSPS) is 16.9. The first-order valence-corrected chi connectivity index (χ1v) is 8.27. The van der Waals surface area contributed by atoms with Crippen molar-refractivity contribution in [1.29, 1.82) is 0 Å². The number of hydrogen-bond donors (Lipinski definition) is 1. The lowest BCUT2D eigenvalue weighted by molar-refractivity contribution is -0.385. The number of halogens is 1. The number of benzene rings is 1. The van der Waals surface area contributed by atoms with Crippen LogP contribution in [0, 0.1) is 10.1 Å². The smallest absolute Gasteiger partial charge is 0.283 e. The lowest BCUT2D eigenvalue weighted by atomic mass is 9.84. The molecule has 1 N–H and O–H groups in total. The van der Waals surface area contributed by atoms with E-state index in [0.717, 1.165) is 12.1 Å². The topological polar surface area (TPSA) is 55.2 Å². The van der Waals surface area contributed by atoms with Crippen LogP contribution in [0.25, 0.3) is 0 Å². The molecule has 0 aliphatic heterocycles. The van der Waals surface area contributed by atoms with Crippen molar-refractivity contribution in [1.82, 2.24) is 5.32 Å². The first-order chi connectivity index (χ1) is 9.06. The van der Waals surface area contributed by atoms with E-state index in [1.165, 1.54) is 19.3 Å². The summed E-state index contributed by atoms with van der Waals surface area (Å²) in [5.74, 6) is 0. The van der Waals surface area contributed by atoms with Crippen LogP contribution in [-0.2, 0) is 6.54 Å². The van der Waals surface area contributed by atoms with Crippen molar-refractivity contribution in [2.24, 2.45) is 0 Å². The Bertz CT molecular complexity index is 472. The van der Waals surface area contributed by atoms with Crippen LogP contribution < -0.4 is 5.32 Å².